The van der Waals surface area contributed by atoms with Crippen molar-refractivity contribution in [2.45, 2.75) is 4.90 Å². The van der Waals surface area contributed by atoms with Crippen molar-refractivity contribution in [2.24, 2.45) is 0 Å². The first kappa shape index (κ1) is 17.2. The molecule has 0 aliphatic carbocycles. The average Bonchev–Trinajstić information content (AvgIpc) is 2.56. The summed E-state index contributed by atoms with van der Waals surface area (Å²) in [6, 6.07) is 8.72. The van der Waals surface area contributed by atoms with Gasteiger partial charge in [0.2, 0.25) is 0 Å². The monoisotopic (exact) mass is 363 g/mol. The lowest BCUT2D eigenvalue weighted by atomic mass is 9.96. The molecule has 2 aromatic carbocycles. The quantitative estimate of drug-likeness (QED) is 0.699. The molecule has 3 nitrogen and oxygen atoms in total. The molecule has 0 fully saturated rings. The van der Waals surface area contributed by atoms with Gasteiger partial charge in [0.25, 0.3) is 0 Å². The largest absolute Gasteiger partial charge is 0.264 e. The van der Waals surface area contributed by atoms with E-state index < -0.39 is 32.2 Å². The van der Waals surface area contributed by atoms with E-state index in [9.17, 15) is 21.6 Å². The first-order chi connectivity index (χ1) is 11.8. The van der Waals surface area contributed by atoms with Crippen LogP contribution >= 0.6 is 0 Å². The van der Waals surface area contributed by atoms with E-state index in [1.54, 1.807) is 6.07 Å². The predicted octanol–water partition coefficient (Wildman–Crippen LogP) is 4.24. The fourth-order valence-electron chi connectivity index (χ4n) is 2.51. The Labute approximate surface area is 142 Å². The normalized spacial score (nSPS) is 11.5. The van der Waals surface area contributed by atoms with E-state index in [-0.39, 0.29) is 0 Å². The molecule has 0 amide bonds. The van der Waals surface area contributed by atoms with Gasteiger partial charge in [-0.3, -0.25) is 4.98 Å². The minimum atomic E-state index is -3.69. The van der Waals surface area contributed by atoms with E-state index in [1.165, 1.54) is 30.6 Å². The molecule has 0 aliphatic heterocycles. The molecule has 1 aromatic heterocycles. The summed E-state index contributed by atoms with van der Waals surface area (Å²) < 4.78 is 63.9. The van der Waals surface area contributed by atoms with Crippen molar-refractivity contribution in [1.82, 2.24) is 4.98 Å². The highest BCUT2D eigenvalue weighted by Crippen LogP contribution is 2.33. The molecule has 3 rings (SSSR count). The Morgan fingerprint density at radius 2 is 1.44 bits per heavy atom. The lowest BCUT2D eigenvalue weighted by molar-refractivity contribution is 0.509. The van der Waals surface area contributed by atoms with Gasteiger partial charge < -0.3 is 0 Å². The minimum Gasteiger partial charge on any atom is -0.264 e. The highest BCUT2D eigenvalue weighted by molar-refractivity contribution is 7.90. The third-order valence-electron chi connectivity index (χ3n) is 3.69. The van der Waals surface area contributed by atoms with Crippen LogP contribution in [0.4, 0.5) is 13.2 Å². The molecule has 1 heterocycles. The maximum absolute atomic E-state index is 14.2. The summed E-state index contributed by atoms with van der Waals surface area (Å²) >= 11 is 0. The molecule has 0 saturated heterocycles. The van der Waals surface area contributed by atoms with E-state index in [0.717, 1.165) is 24.5 Å². The van der Waals surface area contributed by atoms with Crippen molar-refractivity contribution in [1.29, 1.82) is 0 Å². The standard InChI is InChI=1S/C18H12F3NO2S/c1-25(23,24)18-5-3-12(9-17(18)21)14-10-22-7-6-13(14)11-2-4-15(19)16(20)8-11/h2-10H,1H3. The van der Waals surface area contributed by atoms with E-state index in [2.05, 4.69) is 4.98 Å². The van der Waals surface area contributed by atoms with Crippen molar-refractivity contribution >= 4 is 9.84 Å². The molecular formula is C18H12F3NO2S. The highest BCUT2D eigenvalue weighted by Gasteiger charge is 2.16. The number of pyridine rings is 1. The summed E-state index contributed by atoms with van der Waals surface area (Å²) in [5.74, 6) is -2.86. The van der Waals surface area contributed by atoms with Crippen LogP contribution in [0.1, 0.15) is 0 Å². The molecule has 0 atom stereocenters. The second kappa shape index (κ2) is 6.33. The average molecular weight is 363 g/mol. The molecular weight excluding hydrogens is 351 g/mol. The summed E-state index contributed by atoms with van der Waals surface area (Å²) in [5, 5.41) is 0. The molecule has 0 bridgehead atoms. The van der Waals surface area contributed by atoms with Crippen molar-refractivity contribution < 1.29 is 21.6 Å². The third-order valence-corrected chi connectivity index (χ3v) is 4.82. The summed E-state index contributed by atoms with van der Waals surface area (Å²) in [5.41, 5.74) is 1.74. The third kappa shape index (κ3) is 3.41. The predicted molar refractivity (Wildman–Crippen MR) is 88.1 cm³/mol. The van der Waals surface area contributed by atoms with Gasteiger partial charge in [-0.15, -0.1) is 0 Å². The molecule has 0 aliphatic rings. The van der Waals surface area contributed by atoms with Crippen molar-refractivity contribution in [3.05, 3.63) is 72.3 Å². The van der Waals surface area contributed by atoms with Crippen LogP contribution in [0.25, 0.3) is 22.3 Å². The zero-order valence-electron chi connectivity index (χ0n) is 13.0. The Bertz CT molecular complexity index is 1070. The zero-order valence-corrected chi connectivity index (χ0v) is 13.8. The van der Waals surface area contributed by atoms with Crippen LogP contribution in [0.15, 0.2) is 59.8 Å². The second-order valence-electron chi connectivity index (χ2n) is 5.47. The number of nitrogens with zero attached hydrogens (tertiary/aromatic N) is 1. The summed E-state index contributed by atoms with van der Waals surface area (Å²) in [6.07, 6.45) is 3.84. The van der Waals surface area contributed by atoms with Crippen LogP contribution in [-0.4, -0.2) is 19.7 Å². The van der Waals surface area contributed by atoms with Crippen molar-refractivity contribution in [2.75, 3.05) is 6.26 Å². The van der Waals surface area contributed by atoms with Crippen LogP contribution in [0, 0.1) is 17.5 Å². The Hall–Kier alpha value is -2.67. The topological polar surface area (TPSA) is 47.0 Å². The van der Waals surface area contributed by atoms with Gasteiger partial charge in [0.05, 0.1) is 0 Å². The van der Waals surface area contributed by atoms with Crippen LogP contribution in [0.3, 0.4) is 0 Å². The zero-order chi connectivity index (χ0) is 18.2. The van der Waals surface area contributed by atoms with E-state index in [0.29, 0.717) is 22.3 Å². The Morgan fingerprint density at radius 1 is 0.800 bits per heavy atom. The van der Waals surface area contributed by atoms with E-state index in [1.807, 2.05) is 0 Å². The lowest BCUT2D eigenvalue weighted by Crippen LogP contribution is -2.01. The van der Waals surface area contributed by atoms with Gasteiger partial charge in [-0.2, -0.15) is 0 Å². The van der Waals surface area contributed by atoms with Gasteiger partial charge >= 0.3 is 0 Å². The summed E-state index contributed by atoms with van der Waals surface area (Å²) in [4.78, 5) is 3.57. The number of rotatable bonds is 3. The SMILES string of the molecule is CS(=O)(=O)c1ccc(-c2cnccc2-c2ccc(F)c(F)c2)cc1F. The fourth-order valence-corrected chi connectivity index (χ4v) is 3.24. The number of aromatic nitrogens is 1. The van der Waals surface area contributed by atoms with Gasteiger partial charge in [0, 0.05) is 24.2 Å². The van der Waals surface area contributed by atoms with Crippen molar-refractivity contribution in [3.63, 3.8) is 0 Å². The van der Waals surface area contributed by atoms with Crippen LogP contribution in [0.2, 0.25) is 0 Å². The van der Waals surface area contributed by atoms with Crippen LogP contribution in [-0.2, 0) is 9.84 Å². The maximum atomic E-state index is 14.2. The molecule has 25 heavy (non-hydrogen) atoms. The van der Waals surface area contributed by atoms with Gasteiger partial charge in [-0.25, -0.2) is 21.6 Å². The van der Waals surface area contributed by atoms with Gasteiger partial charge in [0.1, 0.15) is 10.7 Å². The Balaban J connectivity index is 2.16. The van der Waals surface area contributed by atoms with E-state index in [4.69, 9.17) is 0 Å². The molecule has 0 spiro atoms. The second-order valence-corrected chi connectivity index (χ2v) is 7.45. The molecule has 128 valence electrons. The van der Waals surface area contributed by atoms with Crippen molar-refractivity contribution in [3.8, 4) is 22.3 Å². The highest BCUT2D eigenvalue weighted by atomic mass is 32.2. The number of halogens is 3. The lowest BCUT2D eigenvalue weighted by Gasteiger charge is -2.11. The van der Waals surface area contributed by atoms with Crippen LogP contribution in [0.5, 0.6) is 0 Å². The first-order valence-corrected chi connectivity index (χ1v) is 9.06. The van der Waals surface area contributed by atoms with Crippen LogP contribution < -0.4 is 0 Å². The number of sulfone groups is 1. The van der Waals surface area contributed by atoms with Gasteiger partial charge in [-0.1, -0.05) is 12.1 Å². The molecule has 0 radical (unpaired) electrons. The Kier molecular flexibility index (Phi) is 4.34. The number of hydrogen-bond donors (Lipinski definition) is 0. The summed E-state index contributed by atoms with van der Waals surface area (Å²) in [6.45, 7) is 0. The molecule has 0 unspecified atom stereocenters. The molecule has 3 aromatic rings. The minimum absolute atomic E-state index is 0.373. The molecule has 7 heteroatoms. The molecule has 0 N–H and O–H groups in total. The molecule has 0 saturated carbocycles. The maximum Gasteiger partial charge on any atom is 0.178 e. The van der Waals surface area contributed by atoms with Gasteiger partial charge in [-0.05, 0) is 47.0 Å². The number of benzene rings is 2. The number of hydrogen-bond acceptors (Lipinski definition) is 3. The Morgan fingerprint density at radius 3 is 2.08 bits per heavy atom. The van der Waals surface area contributed by atoms with E-state index >= 15 is 0 Å². The fraction of sp³-hybridized carbons (Fsp3) is 0.0556. The first-order valence-electron chi connectivity index (χ1n) is 7.17. The summed E-state index contributed by atoms with van der Waals surface area (Å²) in [7, 11) is -3.69. The van der Waals surface area contributed by atoms with Gasteiger partial charge in [0.15, 0.2) is 21.5 Å². The smallest absolute Gasteiger partial charge is 0.178 e.